The molecule has 0 aliphatic rings. The van der Waals surface area contributed by atoms with E-state index in [0.717, 1.165) is 0 Å². The van der Waals surface area contributed by atoms with Crippen LogP contribution >= 0.6 is 11.3 Å². The van der Waals surface area contributed by atoms with Gasteiger partial charge in [-0.2, -0.15) is 0 Å². The van der Waals surface area contributed by atoms with E-state index in [-0.39, 0.29) is 18.3 Å². The fourth-order valence-corrected chi connectivity index (χ4v) is 3.06. The first-order chi connectivity index (χ1) is 12.5. The number of thiazole rings is 1. The predicted molar refractivity (Wildman–Crippen MR) is 96.1 cm³/mol. The number of nitrogens with one attached hydrogen (secondary N) is 1. The summed E-state index contributed by atoms with van der Waals surface area (Å²) in [5, 5.41) is 2.99. The number of amides is 1. The van der Waals surface area contributed by atoms with Crippen LogP contribution in [-0.4, -0.2) is 30.1 Å². The molecule has 134 valence electrons. The van der Waals surface area contributed by atoms with Crippen molar-refractivity contribution >= 4 is 38.6 Å². The highest BCUT2D eigenvalue weighted by molar-refractivity contribution is 7.22. The summed E-state index contributed by atoms with van der Waals surface area (Å²) in [6.07, 6.45) is 0. The number of anilines is 1. The summed E-state index contributed by atoms with van der Waals surface area (Å²) in [7, 11) is 0. The Kier molecular flexibility index (Phi) is 5.43. The molecular weight excluding hydrogens is 359 g/mol. The first-order valence-electron chi connectivity index (χ1n) is 7.81. The maximum Gasteiger partial charge on any atom is 0.338 e. The molecule has 1 heterocycles. The fraction of sp³-hybridized carbons (Fsp3) is 0.167. The van der Waals surface area contributed by atoms with Gasteiger partial charge >= 0.3 is 5.97 Å². The van der Waals surface area contributed by atoms with Crippen molar-refractivity contribution in [3.05, 3.63) is 53.8 Å². The van der Waals surface area contributed by atoms with Crippen molar-refractivity contribution in [1.82, 2.24) is 4.98 Å². The average Bonchev–Trinajstić information content (AvgIpc) is 3.01. The Hall–Kier alpha value is -3.00. The molecule has 0 radical (unpaired) electrons. The molecule has 0 aliphatic carbocycles. The van der Waals surface area contributed by atoms with Gasteiger partial charge in [0.25, 0.3) is 5.91 Å². The van der Waals surface area contributed by atoms with Crippen LogP contribution in [0.1, 0.15) is 17.3 Å². The molecule has 6 nitrogen and oxygen atoms in total. The second kappa shape index (κ2) is 7.92. The van der Waals surface area contributed by atoms with Gasteiger partial charge in [-0.3, -0.25) is 10.1 Å². The van der Waals surface area contributed by atoms with E-state index in [2.05, 4.69) is 10.3 Å². The van der Waals surface area contributed by atoms with E-state index in [1.54, 1.807) is 37.3 Å². The molecule has 1 N–H and O–H groups in total. The number of halogens is 1. The number of benzene rings is 2. The van der Waals surface area contributed by atoms with Gasteiger partial charge in [0, 0.05) is 0 Å². The minimum absolute atomic E-state index is 0.219. The summed E-state index contributed by atoms with van der Waals surface area (Å²) in [6.45, 7) is 1.81. The molecule has 0 bridgehead atoms. The fourth-order valence-electron chi connectivity index (χ4n) is 2.16. The van der Waals surface area contributed by atoms with Gasteiger partial charge in [-0.1, -0.05) is 11.3 Å². The quantitative estimate of drug-likeness (QED) is 0.667. The van der Waals surface area contributed by atoms with Crippen molar-refractivity contribution < 1.29 is 23.5 Å². The number of esters is 1. The van der Waals surface area contributed by atoms with E-state index < -0.39 is 5.97 Å². The number of fused-ring (bicyclic) bond motifs is 1. The molecule has 0 aliphatic heterocycles. The summed E-state index contributed by atoms with van der Waals surface area (Å²) in [4.78, 5) is 27.7. The van der Waals surface area contributed by atoms with Crippen LogP contribution in [0.5, 0.6) is 5.75 Å². The highest BCUT2D eigenvalue weighted by atomic mass is 32.1. The molecule has 0 spiro atoms. The van der Waals surface area contributed by atoms with Crippen molar-refractivity contribution in [3.8, 4) is 5.75 Å². The van der Waals surface area contributed by atoms with Crippen molar-refractivity contribution in [2.24, 2.45) is 0 Å². The molecule has 0 saturated carbocycles. The third-order valence-corrected chi connectivity index (χ3v) is 4.27. The SMILES string of the molecule is CCOC(=O)c1ccc(OCC(=O)Nc2nc3ccc(F)cc3s2)cc1. The van der Waals surface area contributed by atoms with Crippen molar-refractivity contribution in [2.75, 3.05) is 18.5 Å². The summed E-state index contributed by atoms with van der Waals surface area (Å²) in [5.41, 5.74) is 1.02. The maximum atomic E-state index is 13.2. The van der Waals surface area contributed by atoms with E-state index >= 15 is 0 Å². The Balaban J connectivity index is 1.55. The van der Waals surface area contributed by atoms with Crippen molar-refractivity contribution in [2.45, 2.75) is 6.92 Å². The van der Waals surface area contributed by atoms with E-state index in [1.165, 1.54) is 23.5 Å². The van der Waals surface area contributed by atoms with Crippen LogP contribution < -0.4 is 10.1 Å². The van der Waals surface area contributed by atoms with E-state index in [4.69, 9.17) is 9.47 Å². The number of aromatic nitrogens is 1. The zero-order valence-electron chi connectivity index (χ0n) is 13.8. The molecule has 0 fully saturated rings. The van der Waals surface area contributed by atoms with Crippen LogP contribution in [0.2, 0.25) is 0 Å². The Labute approximate surface area is 152 Å². The monoisotopic (exact) mass is 374 g/mol. The Morgan fingerprint density at radius 3 is 2.69 bits per heavy atom. The molecular formula is C18H15FN2O4S. The van der Waals surface area contributed by atoms with Crippen LogP contribution in [0, 0.1) is 5.82 Å². The molecule has 3 rings (SSSR count). The Morgan fingerprint density at radius 1 is 1.19 bits per heavy atom. The van der Waals surface area contributed by atoms with Crippen molar-refractivity contribution in [1.29, 1.82) is 0 Å². The number of carbonyl (C=O) groups excluding carboxylic acids is 2. The highest BCUT2D eigenvalue weighted by Gasteiger charge is 2.10. The molecule has 0 atom stereocenters. The van der Waals surface area contributed by atoms with Gasteiger partial charge in [-0.05, 0) is 49.4 Å². The van der Waals surface area contributed by atoms with Gasteiger partial charge in [0.1, 0.15) is 11.6 Å². The lowest BCUT2D eigenvalue weighted by atomic mass is 10.2. The standard InChI is InChI=1S/C18H15FN2O4S/c1-2-24-17(23)11-3-6-13(7-4-11)25-10-16(22)21-18-20-14-8-5-12(19)9-15(14)26-18/h3-9H,2,10H2,1H3,(H,20,21,22). The van der Waals surface area contributed by atoms with Crippen LogP contribution in [-0.2, 0) is 9.53 Å². The topological polar surface area (TPSA) is 77.5 Å². The molecule has 8 heteroatoms. The average molecular weight is 374 g/mol. The second-order valence-corrected chi connectivity index (χ2v) is 6.24. The third kappa shape index (κ3) is 4.34. The van der Waals surface area contributed by atoms with Crippen molar-refractivity contribution in [3.63, 3.8) is 0 Å². The summed E-state index contributed by atoms with van der Waals surface area (Å²) in [6, 6.07) is 10.5. The van der Waals surface area contributed by atoms with Gasteiger partial charge in [-0.25, -0.2) is 14.2 Å². The maximum absolute atomic E-state index is 13.2. The van der Waals surface area contributed by atoms with Gasteiger partial charge in [-0.15, -0.1) is 0 Å². The predicted octanol–water partition coefficient (Wildman–Crippen LogP) is 3.63. The normalized spacial score (nSPS) is 10.5. The third-order valence-electron chi connectivity index (χ3n) is 3.33. The van der Waals surface area contributed by atoms with Gasteiger partial charge in [0.2, 0.25) is 0 Å². The summed E-state index contributed by atoms with van der Waals surface area (Å²) < 4.78 is 24.1. The molecule has 1 aromatic heterocycles. The number of hydrogen-bond acceptors (Lipinski definition) is 6. The van der Waals surface area contributed by atoms with E-state index in [9.17, 15) is 14.0 Å². The summed E-state index contributed by atoms with van der Waals surface area (Å²) in [5.74, 6) is -0.712. The zero-order chi connectivity index (χ0) is 18.5. The number of rotatable bonds is 6. The molecule has 3 aromatic rings. The lowest BCUT2D eigenvalue weighted by Crippen LogP contribution is -2.20. The minimum atomic E-state index is -0.413. The van der Waals surface area contributed by atoms with E-state index in [1.807, 2.05) is 0 Å². The highest BCUT2D eigenvalue weighted by Crippen LogP contribution is 2.26. The Morgan fingerprint density at radius 2 is 1.96 bits per heavy atom. The Bertz CT molecular complexity index is 940. The minimum Gasteiger partial charge on any atom is -0.484 e. The summed E-state index contributed by atoms with van der Waals surface area (Å²) >= 11 is 1.18. The van der Waals surface area contributed by atoms with Crippen LogP contribution in [0.4, 0.5) is 9.52 Å². The molecule has 0 unspecified atom stereocenters. The van der Waals surface area contributed by atoms with E-state index in [0.29, 0.717) is 33.3 Å². The first-order valence-corrected chi connectivity index (χ1v) is 8.62. The molecule has 1 amide bonds. The van der Waals surface area contributed by atoms with Crippen LogP contribution in [0.25, 0.3) is 10.2 Å². The first kappa shape index (κ1) is 17.8. The lowest BCUT2D eigenvalue weighted by molar-refractivity contribution is -0.118. The van der Waals surface area contributed by atoms with Gasteiger partial charge in [0.05, 0.1) is 22.4 Å². The van der Waals surface area contributed by atoms with Crippen LogP contribution in [0.15, 0.2) is 42.5 Å². The number of nitrogens with zero attached hydrogens (tertiary/aromatic N) is 1. The van der Waals surface area contributed by atoms with Gasteiger partial charge < -0.3 is 9.47 Å². The largest absolute Gasteiger partial charge is 0.484 e. The van der Waals surface area contributed by atoms with Crippen LogP contribution in [0.3, 0.4) is 0 Å². The molecule has 26 heavy (non-hydrogen) atoms. The zero-order valence-corrected chi connectivity index (χ0v) is 14.6. The van der Waals surface area contributed by atoms with Gasteiger partial charge in [0.15, 0.2) is 11.7 Å². The smallest absolute Gasteiger partial charge is 0.338 e. The second-order valence-electron chi connectivity index (χ2n) is 5.21. The number of ether oxygens (including phenoxy) is 2. The lowest BCUT2D eigenvalue weighted by Gasteiger charge is -2.07. The number of carbonyl (C=O) groups is 2. The molecule has 2 aromatic carbocycles. The molecule has 0 saturated heterocycles. The number of hydrogen-bond donors (Lipinski definition) is 1.